The second-order valence-corrected chi connectivity index (χ2v) is 12.0. The molecule has 6 unspecified atom stereocenters. The number of allylic oxidation sites excluding steroid dienone is 2. The predicted molar refractivity (Wildman–Crippen MR) is 127 cm³/mol. The average Bonchev–Trinajstić information content (AvgIpc) is 3.16. The number of fused-ring (bicyclic) bond motifs is 2. The molecule has 166 valence electrons. The van der Waals surface area contributed by atoms with E-state index in [4.69, 9.17) is 0 Å². The predicted octanol–water partition coefficient (Wildman–Crippen LogP) is 3.70. The third-order valence-electron chi connectivity index (χ3n) is 7.65. The summed E-state index contributed by atoms with van der Waals surface area (Å²) in [5, 5.41) is 1.03. The largest absolute Gasteiger partial charge is 0.330 e. The second-order valence-electron chi connectivity index (χ2n) is 9.51. The molecule has 3 aliphatic carbocycles. The molecule has 0 aromatic carbocycles. The summed E-state index contributed by atoms with van der Waals surface area (Å²) in [5.74, 6) is 1.60. The summed E-state index contributed by atoms with van der Waals surface area (Å²) in [6.07, 6.45) is 21.0. The number of carbonyl (C=O) groups is 1. The van der Waals surface area contributed by atoms with Crippen molar-refractivity contribution in [2.45, 2.75) is 92.0 Å². The molecule has 6 atom stereocenters. The smallest absolute Gasteiger partial charge is 0.233 e. The summed E-state index contributed by atoms with van der Waals surface area (Å²) >= 11 is 3.86. The highest BCUT2D eigenvalue weighted by molar-refractivity contribution is 8.01. The zero-order valence-corrected chi connectivity index (χ0v) is 19.7. The van der Waals surface area contributed by atoms with Gasteiger partial charge in [-0.05, 0) is 38.6 Å². The maximum absolute atomic E-state index is 13.5. The minimum Gasteiger partial charge on any atom is -0.330 e. The zero-order valence-electron chi connectivity index (χ0n) is 18.0. The Morgan fingerprint density at radius 1 is 1.03 bits per heavy atom. The van der Waals surface area contributed by atoms with Crippen LogP contribution in [0.25, 0.3) is 0 Å². The Morgan fingerprint density at radius 2 is 1.80 bits per heavy atom. The van der Waals surface area contributed by atoms with Crippen molar-refractivity contribution in [3.8, 4) is 0 Å². The number of amides is 1. The second kappa shape index (κ2) is 9.57. The number of nitrogens with one attached hydrogen (secondary N) is 2. The highest BCUT2D eigenvalue weighted by Gasteiger charge is 2.45. The van der Waals surface area contributed by atoms with Crippen LogP contribution in [-0.4, -0.2) is 62.8 Å². The van der Waals surface area contributed by atoms with Crippen LogP contribution in [0.4, 0.5) is 0 Å². The van der Waals surface area contributed by atoms with Crippen LogP contribution in [0.3, 0.4) is 0 Å². The van der Waals surface area contributed by atoms with Gasteiger partial charge in [-0.3, -0.25) is 9.69 Å². The number of hydrazine groups is 1. The maximum Gasteiger partial charge on any atom is 0.233 e. The van der Waals surface area contributed by atoms with Crippen LogP contribution in [0.1, 0.15) is 57.8 Å². The summed E-state index contributed by atoms with van der Waals surface area (Å²) < 4.78 is 0. The van der Waals surface area contributed by atoms with Crippen molar-refractivity contribution in [3.05, 3.63) is 24.3 Å². The van der Waals surface area contributed by atoms with Gasteiger partial charge in [0.2, 0.25) is 5.91 Å². The number of hydrogen-bond donors (Lipinski definition) is 2. The lowest BCUT2D eigenvalue weighted by molar-refractivity contribution is -0.133. The molecular formula is C23H36N4OS2. The highest BCUT2D eigenvalue weighted by Crippen LogP contribution is 2.44. The number of hydrogen-bond acceptors (Lipinski definition) is 6. The topological polar surface area (TPSA) is 47.6 Å². The zero-order chi connectivity index (χ0) is 20.5. The van der Waals surface area contributed by atoms with Crippen LogP contribution < -0.4 is 10.9 Å². The van der Waals surface area contributed by atoms with Crippen LogP contribution in [-0.2, 0) is 4.79 Å². The van der Waals surface area contributed by atoms with E-state index in [1.54, 1.807) is 11.8 Å². The molecule has 5 nitrogen and oxygen atoms in total. The third-order valence-corrected chi connectivity index (χ3v) is 10.5. The van der Waals surface area contributed by atoms with Gasteiger partial charge in [0.05, 0.1) is 18.0 Å². The lowest BCUT2D eigenvalue weighted by Gasteiger charge is -2.51. The molecule has 4 fully saturated rings. The van der Waals surface area contributed by atoms with Gasteiger partial charge in [0.15, 0.2) is 0 Å². The molecule has 30 heavy (non-hydrogen) atoms. The third kappa shape index (κ3) is 4.25. The van der Waals surface area contributed by atoms with E-state index in [-0.39, 0.29) is 11.5 Å². The van der Waals surface area contributed by atoms with Crippen molar-refractivity contribution in [2.24, 2.45) is 5.92 Å². The fraction of sp³-hybridized carbons (Fsp3) is 0.783. The van der Waals surface area contributed by atoms with Gasteiger partial charge in [-0.25, -0.2) is 10.9 Å². The standard InChI is InChI=1S/C23H36N4OS2/c1-26-22(16-9-3-2-4-10-16)24-25-23(26)29-15-21(28)27-17-11-5-7-13-19(17)30-20-14-8-6-12-18(20)27/h5,7,11,13,16-20,22-25H,2-4,6,8-10,12,14-15H2,1H3. The molecule has 5 aliphatic rings. The molecule has 2 N–H and O–H groups in total. The summed E-state index contributed by atoms with van der Waals surface area (Å²) in [5.41, 5.74) is 7.16. The number of nitrogens with zero attached hydrogens (tertiary/aromatic N) is 2. The monoisotopic (exact) mass is 448 g/mol. The molecule has 2 saturated carbocycles. The van der Waals surface area contributed by atoms with Crippen molar-refractivity contribution in [1.82, 2.24) is 20.7 Å². The van der Waals surface area contributed by atoms with Gasteiger partial charge in [-0.1, -0.05) is 56.4 Å². The van der Waals surface area contributed by atoms with E-state index in [1.807, 2.05) is 0 Å². The molecule has 7 heteroatoms. The van der Waals surface area contributed by atoms with Gasteiger partial charge in [-0.2, -0.15) is 0 Å². The Morgan fingerprint density at radius 3 is 2.67 bits per heavy atom. The van der Waals surface area contributed by atoms with Crippen molar-refractivity contribution < 1.29 is 4.79 Å². The molecule has 5 rings (SSSR count). The number of carbonyl (C=O) groups excluding carboxylic acids is 1. The van der Waals surface area contributed by atoms with Crippen LogP contribution in [0.15, 0.2) is 24.3 Å². The molecule has 0 aromatic heterocycles. The average molecular weight is 449 g/mol. The van der Waals surface area contributed by atoms with Gasteiger partial charge < -0.3 is 4.90 Å². The van der Waals surface area contributed by atoms with E-state index in [2.05, 4.69) is 63.8 Å². The fourth-order valence-corrected chi connectivity index (χ4v) is 8.76. The molecule has 0 radical (unpaired) electrons. The molecule has 2 aliphatic heterocycles. The lowest BCUT2D eigenvalue weighted by Crippen LogP contribution is -2.59. The quantitative estimate of drug-likeness (QED) is 0.684. The summed E-state index contributed by atoms with van der Waals surface area (Å²) in [7, 11) is 2.20. The lowest BCUT2D eigenvalue weighted by atomic mass is 9.87. The van der Waals surface area contributed by atoms with E-state index < -0.39 is 0 Å². The summed E-state index contributed by atoms with van der Waals surface area (Å²) in [4.78, 5) is 18.2. The molecule has 0 bridgehead atoms. The first-order chi connectivity index (χ1) is 14.7. The minimum atomic E-state index is 0.166. The van der Waals surface area contributed by atoms with Gasteiger partial charge in [0.1, 0.15) is 5.50 Å². The van der Waals surface area contributed by atoms with Crippen LogP contribution >= 0.6 is 23.5 Å². The van der Waals surface area contributed by atoms with Crippen LogP contribution in [0.5, 0.6) is 0 Å². The van der Waals surface area contributed by atoms with Gasteiger partial charge in [0, 0.05) is 16.5 Å². The van der Waals surface area contributed by atoms with Crippen molar-refractivity contribution in [2.75, 3.05) is 12.8 Å². The van der Waals surface area contributed by atoms with E-state index in [1.165, 1.54) is 57.8 Å². The Bertz CT molecular complexity index is 680. The van der Waals surface area contributed by atoms with E-state index in [0.717, 1.165) is 5.92 Å². The van der Waals surface area contributed by atoms with Crippen LogP contribution in [0, 0.1) is 5.92 Å². The normalized spacial score (nSPS) is 39.7. The van der Waals surface area contributed by atoms with Crippen molar-refractivity contribution in [3.63, 3.8) is 0 Å². The summed E-state index contributed by atoms with van der Waals surface area (Å²) in [6, 6.07) is 0.645. The molecule has 0 spiro atoms. The van der Waals surface area contributed by atoms with Gasteiger partial charge in [0.25, 0.3) is 0 Å². The number of thioether (sulfide) groups is 2. The molecule has 1 amide bonds. The molecule has 2 saturated heterocycles. The first-order valence-electron chi connectivity index (χ1n) is 11.9. The number of rotatable bonds is 4. The maximum atomic E-state index is 13.5. The van der Waals surface area contributed by atoms with Crippen molar-refractivity contribution in [1.29, 1.82) is 0 Å². The Kier molecular flexibility index (Phi) is 6.82. The van der Waals surface area contributed by atoms with Crippen molar-refractivity contribution >= 4 is 29.4 Å². The van der Waals surface area contributed by atoms with E-state index >= 15 is 0 Å². The summed E-state index contributed by atoms with van der Waals surface area (Å²) in [6.45, 7) is 0. The van der Waals surface area contributed by atoms with Crippen LogP contribution in [0.2, 0.25) is 0 Å². The Balaban J connectivity index is 1.22. The van der Waals surface area contributed by atoms with Gasteiger partial charge in [-0.15, -0.1) is 23.5 Å². The molecule has 2 heterocycles. The first kappa shape index (κ1) is 21.4. The molecule has 0 aromatic rings. The fourth-order valence-electron chi connectivity index (χ4n) is 6.07. The Hall–Kier alpha value is -0.470. The van der Waals surface area contributed by atoms with Gasteiger partial charge >= 0.3 is 0 Å². The van der Waals surface area contributed by atoms with E-state index in [0.29, 0.717) is 34.4 Å². The SMILES string of the molecule is CN1C(SCC(=O)N2C3C=CC=CC3SC3CCCCC32)NNC1C1CCCCC1. The minimum absolute atomic E-state index is 0.166. The molecular weight excluding hydrogens is 412 g/mol. The first-order valence-corrected chi connectivity index (χ1v) is 13.9. The highest BCUT2D eigenvalue weighted by atomic mass is 32.2. The van der Waals surface area contributed by atoms with E-state index in [9.17, 15) is 4.79 Å². The Labute approximate surface area is 189 Å².